The Morgan fingerprint density at radius 3 is 0.603 bits per heavy atom. The molecule has 126 heavy (non-hydrogen) atoms. The minimum absolute atomic E-state index is 0.552. The van der Waals surface area contributed by atoms with Gasteiger partial charge in [0.15, 0.2) is 0 Å². The number of hydrogen-bond acceptors (Lipinski definition) is 2. The van der Waals surface area contributed by atoms with Crippen LogP contribution in [-0.4, -0.2) is 0 Å². The lowest BCUT2D eigenvalue weighted by Crippen LogP contribution is -2.44. The summed E-state index contributed by atoms with van der Waals surface area (Å²) in [6.45, 7) is 0. The van der Waals surface area contributed by atoms with Gasteiger partial charge in [0.25, 0.3) is 0 Å². The van der Waals surface area contributed by atoms with E-state index in [9.17, 15) is 0 Å². The van der Waals surface area contributed by atoms with Crippen molar-refractivity contribution in [3.05, 3.63) is 611 Å². The summed E-state index contributed by atoms with van der Waals surface area (Å²) >= 11 is 0. The van der Waals surface area contributed by atoms with Crippen LogP contribution in [0, 0.1) is 0 Å². The molecule has 2 heteroatoms. The number of benzene rings is 20. The van der Waals surface area contributed by atoms with Crippen molar-refractivity contribution in [3.8, 4) is 66.8 Å². The number of hydrogen-bond donors (Lipinski definition) is 0. The topological polar surface area (TPSA) is 6.48 Å². The average molecular weight is 1600 g/mol. The van der Waals surface area contributed by atoms with E-state index in [-0.39, 0.29) is 0 Å². The van der Waals surface area contributed by atoms with E-state index in [1.807, 2.05) is 0 Å². The molecule has 0 N–H and O–H groups in total. The lowest BCUT2D eigenvalue weighted by molar-refractivity contribution is 0.623. The largest absolute Gasteiger partial charge is 0.310 e. The smallest absolute Gasteiger partial charge is 0.0720 e. The molecule has 0 fully saturated rings. The lowest BCUT2D eigenvalue weighted by atomic mass is 9.51. The molecule has 0 atom stereocenters. The van der Waals surface area contributed by atoms with Crippen LogP contribution < -0.4 is 9.80 Å². The third kappa shape index (κ3) is 11.8. The summed E-state index contributed by atoms with van der Waals surface area (Å²) in [4.78, 5) is 4.87. The molecule has 2 spiro atoms. The highest BCUT2D eigenvalue weighted by molar-refractivity contribution is 5.96. The van der Waals surface area contributed by atoms with Gasteiger partial charge in [0.05, 0.1) is 21.7 Å². The van der Waals surface area contributed by atoms with Crippen LogP contribution in [0.2, 0.25) is 0 Å². The van der Waals surface area contributed by atoms with Crippen molar-refractivity contribution in [2.45, 2.75) is 21.7 Å². The summed E-state index contributed by atoms with van der Waals surface area (Å²) in [6, 6.07) is 193. The van der Waals surface area contributed by atoms with Crippen molar-refractivity contribution in [1.29, 1.82) is 0 Å². The maximum atomic E-state index is 2.50. The molecule has 0 amide bonds. The predicted octanol–water partition coefficient (Wildman–Crippen LogP) is 31.1. The van der Waals surface area contributed by atoms with Crippen LogP contribution in [0.15, 0.2) is 522 Å². The van der Waals surface area contributed by atoms with Gasteiger partial charge in [0.1, 0.15) is 0 Å². The van der Waals surface area contributed by atoms with Crippen molar-refractivity contribution in [2.75, 3.05) is 9.80 Å². The van der Waals surface area contributed by atoms with Crippen molar-refractivity contribution < 1.29 is 0 Å². The van der Waals surface area contributed by atoms with Gasteiger partial charge in [-0.15, -0.1) is 0 Å². The molecule has 20 aromatic rings. The third-order valence-corrected chi connectivity index (χ3v) is 27.3. The van der Waals surface area contributed by atoms with Gasteiger partial charge in [-0.25, -0.2) is 0 Å². The van der Waals surface area contributed by atoms with Crippen LogP contribution in [0.1, 0.15) is 89.0 Å². The van der Waals surface area contributed by atoms with E-state index in [0.29, 0.717) is 0 Å². The summed E-state index contributed by atoms with van der Waals surface area (Å²) in [5, 5.41) is 0. The summed E-state index contributed by atoms with van der Waals surface area (Å²) in [5.41, 5.74) is 39.7. The van der Waals surface area contributed by atoms with Crippen LogP contribution in [0.5, 0.6) is 0 Å². The fraction of sp³-hybridized carbons (Fsp3) is 0.0323. The van der Waals surface area contributed by atoms with Gasteiger partial charge in [-0.3, -0.25) is 0 Å². The second-order valence-corrected chi connectivity index (χ2v) is 33.5. The van der Waals surface area contributed by atoms with Crippen molar-refractivity contribution >= 4 is 34.1 Å². The first kappa shape index (κ1) is 75.0. The van der Waals surface area contributed by atoms with E-state index >= 15 is 0 Å². The number of nitrogens with zero attached hydrogens (tertiary/aromatic N) is 2. The van der Waals surface area contributed by atoms with Gasteiger partial charge in [-0.05, 0) is 229 Å². The second kappa shape index (κ2) is 31.2. The minimum atomic E-state index is -0.600. The van der Waals surface area contributed by atoms with Gasteiger partial charge in [-0.1, -0.05) is 449 Å². The van der Waals surface area contributed by atoms with Crippen molar-refractivity contribution in [2.24, 2.45) is 0 Å². The molecule has 0 bridgehead atoms. The zero-order valence-electron chi connectivity index (χ0n) is 69.5. The first-order chi connectivity index (χ1) is 62.5. The molecule has 0 unspecified atom stereocenters. The van der Waals surface area contributed by atoms with E-state index in [0.717, 1.165) is 34.1 Å². The molecule has 0 heterocycles. The van der Waals surface area contributed by atoms with E-state index < -0.39 is 21.7 Å². The van der Waals surface area contributed by atoms with E-state index in [2.05, 4.69) is 532 Å². The Labute approximate surface area is 737 Å². The van der Waals surface area contributed by atoms with E-state index in [1.165, 1.54) is 156 Å². The van der Waals surface area contributed by atoms with Crippen LogP contribution in [0.25, 0.3) is 66.8 Å². The molecule has 0 saturated carbocycles. The summed E-state index contributed by atoms with van der Waals surface area (Å²) in [7, 11) is 0. The number of anilines is 6. The quantitative estimate of drug-likeness (QED) is 0.107. The Kier molecular flexibility index (Phi) is 18.5. The maximum Gasteiger partial charge on any atom is 0.0720 e. The van der Waals surface area contributed by atoms with Crippen molar-refractivity contribution in [3.63, 3.8) is 0 Å². The molecular weight excluding hydrogens is 1520 g/mol. The van der Waals surface area contributed by atoms with E-state index in [4.69, 9.17) is 0 Å². The molecule has 4 aliphatic rings. The normalized spacial score (nSPS) is 13.7. The van der Waals surface area contributed by atoms with Gasteiger partial charge >= 0.3 is 0 Å². The Morgan fingerprint density at radius 2 is 0.310 bits per heavy atom. The zero-order chi connectivity index (χ0) is 83.6. The molecule has 0 aliphatic heterocycles. The molecule has 2 nitrogen and oxygen atoms in total. The number of fused-ring (bicyclic) bond motifs is 18. The van der Waals surface area contributed by atoms with Crippen LogP contribution in [0.3, 0.4) is 0 Å². The zero-order valence-corrected chi connectivity index (χ0v) is 69.5. The van der Waals surface area contributed by atoms with Crippen LogP contribution in [-0.2, 0) is 21.7 Å². The second-order valence-electron chi connectivity index (χ2n) is 33.5. The third-order valence-electron chi connectivity index (χ3n) is 27.3. The molecule has 0 aromatic heterocycles. The van der Waals surface area contributed by atoms with Gasteiger partial charge in [0, 0.05) is 34.1 Å². The highest BCUT2D eigenvalue weighted by Gasteiger charge is 2.59. The van der Waals surface area contributed by atoms with Gasteiger partial charge in [-0.2, -0.15) is 0 Å². The molecule has 0 radical (unpaired) electrons. The van der Waals surface area contributed by atoms with E-state index in [1.54, 1.807) is 0 Å². The molecule has 4 aliphatic carbocycles. The highest BCUT2D eigenvalue weighted by atomic mass is 15.1. The number of rotatable bonds is 14. The fourth-order valence-electron chi connectivity index (χ4n) is 22.1. The summed E-state index contributed by atoms with van der Waals surface area (Å²) in [5.74, 6) is 0. The van der Waals surface area contributed by atoms with Crippen molar-refractivity contribution in [1.82, 2.24) is 0 Å². The maximum absolute atomic E-state index is 2.50. The average Bonchev–Trinajstić information content (AvgIpc) is 1.41. The minimum Gasteiger partial charge on any atom is -0.310 e. The van der Waals surface area contributed by atoms with Crippen LogP contribution in [0.4, 0.5) is 34.1 Å². The van der Waals surface area contributed by atoms with Crippen LogP contribution >= 0.6 is 0 Å². The molecule has 592 valence electrons. The predicted molar refractivity (Wildman–Crippen MR) is 522 cm³/mol. The fourth-order valence-corrected chi connectivity index (χ4v) is 22.1. The Morgan fingerprint density at radius 1 is 0.111 bits per heavy atom. The molecular formula is C124H86N2. The Hall–Kier alpha value is -16.0. The summed E-state index contributed by atoms with van der Waals surface area (Å²) < 4.78 is 0. The molecule has 0 saturated heterocycles. The lowest BCUT2D eigenvalue weighted by Gasteiger charge is -2.50. The Balaban J connectivity index is 0.000000145. The van der Waals surface area contributed by atoms with Gasteiger partial charge < -0.3 is 9.80 Å². The SMILES string of the molecule is c1ccc(-c2ccc(N(c3ccc(-c4ccccc4)cc3)c3ccc4c(c3)C3(c5ccccc5-4)c4ccccc4C(c4ccccc4)(c4ccccc4)c4ccccc43)cc2)cc1.c1ccc(-c2ccc(N(c3cccc(-c4ccccc4)c3)c3ccc4c(c3)C3(c5ccccc5-4)c4ccccc4C(c4ccccc4)(c4ccccc4)c4ccccc43)cc2)cc1. The first-order valence-corrected chi connectivity index (χ1v) is 43.9. The monoisotopic (exact) mass is 1600 g/mol. The van der Waals surface area contributed by atoms with Gasteiger partial charge in [0.2, 0.25) is 0 Å². The summed E-state index contributed by atoms with van der Waals surface area (Å²) in [6.07, 6.45) is 0. The first-order valence-electron chi connectivity index (χ1n) is 43.9. The molecule has 20 aromatic carbocycles. The molecule has 24 rings (SSSR count). The standard InChI is InChI=1S/2C62H43N/c1-5-20-44(21-6-1)46-36-38-50(39-37-46)63(51-29-19-24-47(42-51)45-22-7-2-8-23-45)52-40-41-54-53-30-13-14-31-55(53)62(60(54)43-52)58-34-17-15-32-56(58)61(48-25-9-3-10-26-48,49-27-11-4-12-28-49)57-33-16-18-35-59(57)62;1-5-19-44(20-6-1)46-33-37-50(38-34-46)63(51-39-35-47(36-40-51)45-21-7-2-8-22-45)52-41-42-54-53-27-13-14-28-55(53)62(60(54)43-52)58-31-17-15-29-56(58)61(48-23-9-3-10-24-48,49-25-11-4-12-26-49)57-30-16-18-32-59(57)62/h2*1-43H. The highest BCUT2D eigenvalue weighted by Crippen LogP contribution is 2.68. The Bertz CT molecular complexity index is 7140.